The standard InChI is InChI=1S/C21H32N3.3C7H7.Zr/c1-13(2)17-11-10-12-18(14(3)4)19(17)22-21(7,8)20-15(5)16(6)24(9)23-20;3*1-7-5-3-2-4-6-7;/h10-14H,1-9H3;3*2-6H,1H2;/q4*-1;+3. The summed E-state index contributed by atoms with van der Waals surface area (Å²) in [6.45, 7) is 28.7. The first-order chi connectivity index (χ1) is 21.2. The van der Waals surface area contributed by atoms with Gasteiger partial charge in [0.15, 0.2) is 0 Å². The van der Waals surface area contributed by atoms with Crippen LogP contribution >= 0.6 is 0 Å². The fourth-order valence-electron chi connectivity index (χ4n) is 4.70. The monoisotopic (exact) mass is 689 g/mol. The van der Waals surface area contributed by atoms with Crippen LogP contribution in [-0.2, 0) is 38.8 Å². The Labute approximate surface area is 300 Å². The van der Waals surface area contributed by atoms with Crippen LogP contribution in [-0.4, -0.2) is 9.78 Å². The summed E-state index contributed by atoms with van der Waals surface area (Å²) in [7, 11) is 2.00. The van der Waals surface area contributed by atoms with Crippen molar-refractivity contribution in [1.82, 2.24) is 9.78 Å². The van der Waals surface area contributed by atoms with E-state index < -0.39 is 0 Å². The van der Waals surface area contributed by atoms with Gasteiger partial charge in [-0.15, -0.1) is 42.1 Å². The molecule has 3 nitrogen and oxygen atoms in total. The van der Waals surface area contributed by atoms with E-state index in [1.54, 1.807) is 0 Å². The Hall–Kier alpha value is -3.62. The topological polar surface area (TPSA) is 31.9 Å². The van der Waals surface area contributed by atoms with Crippen LogP contribution in [0.4, 0.5) is 5.69 Å². The molecule has 0 N–H and O–H groups in total. The van der Waals surface area contributed by atoms with E-state index >= 15 is 0 Å². The number of aryl methyl sites for hydroxylation is 1. The minimum Gasteiger partial charge on any atom is -0.674 e. The molecule has 0 bridgehead atoms. The van der Waals surface area contributed by atoms with E-state index in [2.05, 4.69) is 94.4 Å². The van der Waals surface area contributed by atoms with E-state index in [0.29, 0.717) is 11.8 Å². The van der Waals surface area contributed by atoms with Crippen molar-refractivity contribution in [3.8, 4) is 0 Å². The summed E-state index contributed by atoms with van der Waals surface area (Å²) in [5.74, 6) is 0.898. The molecule has 4 heteroatoms. The summed E-state index contributed by atoms with van der Waals surface area (Å²) in [4.78, 5) is 0. The van der Waals surface area contributed by atoms with Crippen molar-refractivity contribution < 1.29 is 26.2 Å². The van der Waals surface area contributed by atoms with Crippen LogP contribution in [0.15, 0.2) is 109 Å². The molecule has 5 rings (SSSR count). The first kappa shape index (κ1) is 40.4. The van der Waals surface area contributed by atoms with Crippen LogP contribution in [0.25, 0.3) is 5.32 Å². The Morgan fingerprint density at radius 3 is 1.20 bits per heavy atom. The molecular formula is C42H53N3Zr-. The van der Waals surface area contributed by atoms with Crippen molar-refractivity contribution in [2.75, 3.05) is 0 Å². The molecule has 0 spiro atoms. The number of aromatic nitrogens is 2. The van der Waals surface area contributed by atoms with E-state index in [-0.39, 0.29) is 31.7 Å². The zero-order valence-corrected chi connectivity index (χ0v) is 32.0. The maximum atomic E-state index is 5.24. The Morgan fingerprint density at radius 2 is 0.957 bits per heavy atom. The molecule has 5 aromatic rings. The van der Waals surface area contributed by atoms with Crippen LogP contribution in [0.3, 0.4) is 0 Å². The molecule has 0 atom stereocenters. The Balaban J connectivity index is 0.000000385. The molecule has 4 aromatic carbocycles. The second-order valence-corrected chi connectivity index (χ2v) is 12.4. The number of nitrogens with zero attached hydrogens (tertiary/aromatic N) is 3. The fourth-order valence-corrected chi connectivity index (χ4v) is 4.70. The zero-order valence-electron chi connectivity index (χ0n) is 29.5. The van der Waals surface area contributed by atoms with Crippen molar-refractivity contribution in [3.63, 3.8) is 0 Å². The second kappa shape index (κ2) is 19.8. The third-order valence-electron chi connectivity index (χ3n) is 7.48. The molecule has 0 aliphatic carbocycles. The largest absolute Gasteiger partial charge is 3.00 e. The SMILES string of the molecule is Cc1c(C(C)(C)[N-]c2c(C(C)C)cccc2C(C)C)nn(C)c1C.[CH2-]c1ccccc1.[CH2-]c1ccccc1.[CH2-]c1ccccc1.[Zr+3]. The fraction of sp³-hybridized carbons (Fsp3) is 0.286. The second-order valence-electron chi connectivity index (χ2n) is 12.4. The third kappa shape index (κ3) is 13.0. The summed E-state index contributed by atoms with van der Waals surface area (Å²) in [6.07, 6.45) is 0. The predicted molar refractivity (Wildman–Crippen MR) is 196 cm³/mol. The molecule has 0 aliphatic rings. The van der Waals surface area contributed by atoms with Gasteiger partial charge in [0.1, 0.15) is 0 Å². The van der Waals surface area contributed by atoms with Crippen LogP contribution in [0.2, 0.25) is 0 Å². The minimum absolute atomic E-state index is 0. The van der Waals surface area contributed by atoms with Gasteiger partial charge in [-0.25, -0.2) is 0 Å². The summed E-state index contributed by atoms with van der Waals surface area (Å²) >= 11 is 0. The maximum absolute atomic E-state index is 5.24. The Kier molecular flexibility index (Phi) is 17.4. The molecule has 0 amide bonds. The summed E-state index contributed by atoms with van der Waals surface area (Å²) in [5, 5.41) is 9.99. The molecule has 0 saturated heterocycles. The molecule has 0 fully saturated rings. The van der Waals surface area contributed by atoms with Gasteiger partial charge in [-0.1, -0.05) is 94.6 Å². The first-order valence-electron chi connectivity index (χ1n) is 15.7. The summed E-state index contributed by atoms with van der Waals surface area (Å²) < 4.78 is 1.96. The van der Waals surface area contributed by atoms with E-state index in [1.807, 2.05) is 103 Å². The van der Waals surface area contributed by atoms with Gasteiger partial charge in [-0.3, -0.25) is 4.68 Å². The van der Waals surface area contributed by atoms with Gasteiger partial charge < -0.3 is 5.32 Å². The van der Waals surface area contributed by atoms with Gasteiger partial charge in [0.25, 0.3) is 0 Å². The van der Waals surface area contributed by atoms with Crippen LogP contribution < -0.4 is 0 Å². The molecule has 46 heavy (non-hydrogen) atoms. The number of hydrogen-bond donors (Lipinski definition) is 0. The first-order valence-corrected chi connectivity index (χ1v) is 15.7. The third-order valence-corrected chi connectivity index (χ3v) is 7.48. The van der Waals surface area contributed by atoms with E-state index in [4.69, 9.17) is 10.4 Å². The zero-order chi connectivity index (χ0) is 33.6. The van der Waals surface area contributed by atoms with Crippen molar-refractivity contribution in [2.45, 2.75) is 72.8 Å². The average molecular weight is 691 g/mol. The summed E-state index contributed by atoms with van der Waals surface area (Å²) in [6, 6.07) is 36.2. The van der Waals surface area contributed by atoms with Crippen molar-refractivity contribution in [2.24, 2.45) is 7.05 Å². The number of para-hydroxylation sites is 1. The molecule has 0 saturated carbocycles. The molecule has 0 aliphatic heterocycles. The predicted octanol–water partition coefficient (Wildman–Crippen LogP) is 11.8. The minimum atomic E-state index is -0.356. The van der Waals surface area contributed by atoms with Crippen LogP contribution in [0.1, 0.15) is 98.1 Å². The number of hydrogen-bond acceptors (Lipinski definition) is 1. The van der Waals surface area contributed by atoms with Crippen molar-refractivity contribution in [3.05, 3.63) is 180 Å². The van der Waals surface area contributed by atoms with Crippen molar-refractivity contribution >= 4 is 5.69 Å². The van der Waals surface area contributed by atoms with Gasteiger partial charge in [-0.05, 0) is 31.2 Å². The van der Waals surface area contributed by atoms with E-state index in [9.17, 15) is 0 Å². The maximum Gasteiger partial charge on any atom is 3.00 e. The number of benzene rings is 4. The quantitative estimate of drug-likeness (QED) is 0.169. The van der Waals surface area contributed by atoms with Crippen molar-refractivity contribution in [1.29, 1.82) is 0 Å². The van der Waals surface area contributed by atoms with Gasteiger partial charge in [0, 0.05) is 12.7 Å². The van der Waals surface area contributed by atoms with Gasteiger partial charge in [0.05, 0.1) is 5.69 Å². The molecule has 1 aromatic heterocycles. The Bertz CT molecular complexity index is 1420. The van der Waals surface area contributed by atoms with Crippen LogP contribution in [0.5, 0.6) is 0 Å². The van der Waals surface area contributed by atoms with Gasteiger partial charge in [0.2, 0.25) is 0 Å². The number of rotatable bonds is 5. The molecule has 241 valence electrons. The smallest absolute Gasteiger partial charge is 0.674 e. The van der Waals surface area contributed by atoms with Crippen LogP contribution in [0, 0.1) is 34.6 Å². The molecule has 1 radical (unpaired) electrons. The Morgan fingerprint density at radius 1 is 0.609 bits per heavy atom. The average Bonchev–Trinajstić information content (AvgIpc) is 3.27. The summed E-state index contributed by atoms with van der Waals surface area (Å²) in [5.41, 5.74) is 10.1. The van der Waals surface area contributed by atoms with E-state index in [0.717, 1.165) is 28.1 Å². The molecule has 1 heterocycles. The normalized spacial score (nSPS) is 10.3. The molecular weight excluding hydrogens is 638 g/mol. The van der Waals surface area contributed by atoms with Gasteiger partial charge >= 0.3 is 26.2 Å². The van der Waals surface area contributed by atoms with Gasteiger partial charge in [-0.2, -0.15) is 79.0 Å². The van der Waals surface area contributed by atoms with E-state index in [1.165, 1.54) is 22.4 Å². The molecule has 0 unspecified atom stereocenters.